The molecule has 1 heterocycles. The van der Waals surface area contributed by atoms with E-state index in [9.17, 15) is 13.2 Å². The van der Waals surface area contributed by atoms with Gasteiger partial charge in [0.1, 0.15) is 11.5 Å². The highest BCUT2D eigenvalue weighted by Crippen LogP contribution is 2.21. The minimum Gasteiger partial charge on any atom is -0.496 e. The number of methoxy groups -OCH3 is 1. The molecule has 0 fully saturated rings. The molecule has 0 bridgehead atoms. The first kappa shape index (κ1) is 18.7. The number of hydrogen-bond acceptors (Lipinski definition) is 5. The van der Waals surface area contributed by atoms with Crippen molar-refractivity contribution in [3.8, 4) is 5.75 Å². The molecule has 0 aliphatic carbocycles. The first-order valence-corrected chi connectivity index (χ1v) is 9.54. The third-order valence-corrected chi connectivity index (χ3v) is 5.17. The number of amides is 1. The summed E-state index contributed by atoms with van der Waals surface area (Å²) in [6, 6.07) is 16.1. The molecule has 3 rings (SSSR count). The highest BCUT2D eigenvalue weighted by Gasteiger charge is 2.16. The van der Waals surface area contributed by atoms with Gasteiger partial charge in [-0.1, -0.05) is 18.2 Å². The monoisotopic (exact) mass is 386 g/mol. The molecule has 7 nitrogen and oxygen atoms in total. The van der Waals surface area contributed by atoms with Gasteiger partial charge in [-0.2, -0.15) is 0 Å². The lowest BCUT2D eigenvalue weighted by atomic mass is 10.2. The van der Waals surface area contributed by atoms with Crippen LogP contribution in [0.15, 0.2) is 76.2 Å². The Balaban J connectivity index is 1.76. The largest absolute Gasteiger partial charge is 0.496 e. The molecule has 3 aromatic rings. The summed E-state index contributed by atoms with van der Waals surface area (Å²) in [7, 11) is -2.28. The average Bonchev–Trinajstić information content (AvgIpc) is 3.20. The van der Waals surface area contributed by atoms with Crippen LogP contribution in [0.4, 0.5) is 5.69 Å². The first-order chi connectivity index (χ1) is 13.0. The minimum absolute atomic E-state index is 0.0342. The van der Waals surface area contributed by atoms with E-state index in [1.54, 1.807) is 48.5 Å². The minimum atomic E-state index is -3.76. The van der Waals surface area contributed by atoms with Gasteiger partial charge in [-0.05, 0) is 42.5 Å². The molecule has 0 aliphatic rings. The van der Waals surface area contributed by atoms with Crippen LogP contribution >= 0.6 is 0 Å². The number of anilines is 1. The lowest BCUT2D eigenvalue weighted by Crippen LogP contribution is -2.23. The smallest absolute Gasteiger partial charge is 0.259 e. The Morgan fingerprint density at radius 2 is 1.89 bits per heavy atom. The van der Waals surface area contributed by atoms with Crippen molar-refractivity contribution >= 4 is 21.6 Å². The Morgan fingerprint density at radius 3 is 2.63 bits per heavy atom. The lowest BCUT2D eigenvalue weighted by Gasteiger charge is -2.11. The van der Waals surface area contributed by atoms with E-state index in [0.717, 1.165) is 0 Å². The number of para-hydroxylation sites is 1. The fraction of sp³-hybridized carbons (Fsp3) is 0.105. The van der Waals surface area contributed by atoms with Crippen LogP contribution in [0.1, 0.15) is 16.1 Å². The Bertz CT molecular complexity index is 1030. The van der Waals surface area contributed by atoms with Crippen LogP contribution in [0.3, 0.4) is 0 Å². The molecule has 8 heteroatoms. The first-order valence-electron chi connectivity index (χ1n) is 8.06. The number of hydrogen-bond donors (Lipinski definition) is 2. The maximum atomic E-state index is 12.5. The molecule has 1 aromatic heterocycles. The number of rotatable bonds is 7. The maximum Gasteiger partial charge on any atom is 0.259 e. The van der Waals surface area contributed by atoms with Gasteiger partial charge in [0.25, 0.3) is 5.91 Å². The van der Waals surface area contributed by atoms with E-state index in [2.05, 4.69) is 10.0 Å². The Hall–Kier alpha value is -3.10. The number of carbonyl (C=O) groups excluding carboxylic acids is 1. The molecule has 1 amide bonds. The number of sulfonamides is 1. The van der Waals surface area contributed by atoms with Gasteiger partial charge in [0, 0.05) is 5.69 Å². The molecule has 27 heavy (non-hydrogen) atoms. The highest BCUT2D eigenvalue weighted by molar-refractivity contribution is 7.89. The fourth-order valence-corrected chi connectivity index (χ4v) is 3.47. The second-order valence-electron chi connectivity index (χ2n) is 5.59. The molecule has 0 saturated heterocycles. The predicted octanol–water partition coefficient (Wildman–Crippen LogP) is 3.02. The molecule has 0 saturated carbocycles. The van der Waals surface area contributed by atoms with Crippen molar-refractivity contribution in [2.24, 2.45) is 0 Å². The van der Waals surface area contributed by atoms with Gasteiger partial charge in [0.15, 0.2) is 0 Å². The van der Waals surface area contributed by atoms with Crippen LogP contribution < -0.4 is 14.8 Å². The van der Waals surface area contributed by atoms with Gasteiger partial charge in [-0.15, -0.1) is 0 Å². The standard InChI is InChI=1S/C19H18N2O5S/c1-25-18-10-3-2-9-17(18)19(22)21-14-6-4-8-16(12-14)27(23,24)20-13-15-7-5-11-26-15/h2-12,20H,13H2,1H3,(H,21,22). The van der Waals surface area contributed by atoms with Gasteiger partial charge in [0.2, 0.25) is 10.0 Å². The van der Waals surface area contributed by atoms with Crippen molar-refractivity contribution < 1.29 is 22.4 Å². The van der Waals surface area contributed by atoms with Crippen LogP contribution in [0.2, 0.25) is 0 Å². The second-order valence-corrected chi connectivity index (χ2v) is 7.35. The zero-order valence-electron chi connectivity index (χ0n) is 14.5. The number of benzene rings is 2. The van der Waals surface area contributed by atoms with Crippen molar-refractivity contribution in [3.63, 3.8) is 0 Å². The molecule has 0 aliphatic heterocycles. The van der Waals surface area contributed by atoms with E-state index in [1.807, 2.05) is 0 Å². The summed E-state index contributed by atoms with van der Waals surface area (Å²) in [5.41, 5.74) is 0.705. The van der Waals surface area contributed by atoms with Crippen molar-refractivity contribution in [2.75, 3.05) is 12.4 Å². The van der Waals surface area contributed by atoms with E-state index in [-0.39, 0.29) is 11.4 Å². The molecule has 0 unspecified atom stereocenters. The van der Waals surface area contributed by atoms with Crippen LogP contribution in [-0.2, 0) is 16.6 Å². The molecule has 2 N–H and O–H groups in total. The zero-order chi connectivity index (χ0) is 19.3. The number of nitrogens with one attached hydrogen (secondary N) is 2. The highest BCUT2D eigenvalue weighted by atomic mass is 32.2. The van der Waals surface area contributed by atoms with Gasteiger partial charge < -0.3 is 14.5 Å². The SMILES string of the molecule is COc1ccccc1C(=O)Nc1cccc(S(=O)(=O)NCc2ccco2)c1. The quantitative estimate of drug-likeness (QED) is 0.650. The van der Waals surface area contributed by atoms with E-state index in [4.69, 9.17) is 9.15 Å². The number of carbonyl (C=O) groups is 1. The molecule has 0 radical (unpaired) electrons. The third-order valence-electron chi connectivity index (χ3n) is 3.77. The van der Waals surface area contributed by atoms with Gasteiger partial charge in [0.05, 0.1) is 30.4 Å². The molecule has 140 valence electrons. The van der Waals surface area contributed by atoms with Crippen LogP contribution in [0, 0.1) is 0 Å². The maximum absolute atomic E-state index is 12.5. The van der Waals surface area contributed by atoms with Gasteiger partial charge in [-0.3, -0.25) is 4.79 Å². The summed E-state index contributed by atoms with van der Waals surface area (Å²) in [6.45, 7) is 0.0349. The van der Waals surface area contributed by atoms with E-state index >= 15 is 0 Å². The molecule has 0 atom stereocenters. The van der Waals surface area contributed by atoms with Crippen molar-refractivity contribution in [1.82, 2.24) is 4.72 Å². The summed E-state index contributed by atoms with van der Waals surface area (Å²) in [5.74, 6) is 0.531. The van der Waals surface area contributed by atoms with Crippen molar-refractivity contribution in [2.45, 2.75) is 11.4 Å². The van der Waals surface area contributed by atoms with Crippen LogP contribution in [0.25, 0.3) is 0 Å². The fourth-order valence-electron chi connectivity index (χ4n) is 2.43. The predicted molar refractivity (Wildman–Crippen MR) is 100 cm³/mol. The molecular weight excluding hydrogens is 368 g/mol. The summed E-state index contributed by atoms with van der Waals surface area (Å²) in [5, 5.41) is 2.69. The molecular formula is C19H18N2O5S. The molecule has 2 aromatic carbocycles. The van der Waals surface area contributed by atoms with Gasteiger partial charge in [-0.25, -0.2) is 13.1 Å². The van der Waals surface area contributed by atoms with E-state index < -0.39 is 15.9 Å². The summed E-state index contributed by atoms with van der Waals surface area (Å²) < 4.78 is 37.6. The van der Waals surface area contributed by atoms with E-state index in [1.165, 1.54) is 25.5 Å². The zero-order valence-corrected chi connectivity index (χ0v) is 15.3. The third kappa shape index (κ3) is 4.55. The van der Waals surface area contributed by atoms with Crippen LogP contribution in [0.5, 0.6) is 5.75 Å². The topological polar surface area (TPSA) is 97.6 Å². The molecule has 0 spiro atoms. The average molecular weight is 386 g/mol. The van der Waals surface area contributed by atoms with Crippen molar-refractivity contribution in [3.05, 3.63) is 78.3 Å². The summed E-state index contributed by atoms with van der Waals surface area (Å²) >= 11 is 0. The van der Waals surface area contributed by atoms with E-state index in [0.29, 0.717) is 22.8 Å². The van der Waals surface area contributed by atoms with Gasteiger partial charge >= 0.3 is 0 Å². The Labute approximate surface area is 157 Å². The lowest BCUT2D eigenvalue weighted by molar-refractivity contribution is 0.102. The Kier molecular flexibility index (Phi) is 5.58. The van der Waals surface area contributed by atoms with Crippen LogP contribution in [-0.4, -0.2) is 21.4 Å². The normalized spacial score (nSPS) is 11.1. The Morgan fingerprint density at radius 1 is 1.07 bits per heavy atom. The second kappa shape index (κ2) is 8.07. The van der Waals surface area contributed by atoms with Crippen molar-refractivity contribution in [1.29, 1.82) is 0 Å². The number of furan rings is 1. The summed E-state index contributed by atoms with van der Waals surface area (Å²) in [6.07, 6.45) is 1.47. The number of ether oxygens (including phenoxy) is 1. The summed E-state index contributed by atoms with van der Waals surface area (Å²) in [4.78, 5) is 12.5.